The normalized spacial score (nSPS) is 18.4. The summed E-state index contributed by atoms with van der Waals surface area (Å²) in [5.74, 6) is 0.876. The second-order valence-corrected chi connectivity index (χ2v) is 5.32. The number of hydrogen-bond donors (Lipinski definition) is 1. The van der Waals surface area contributed by atoms with Crippen molar-refractivity contribution in [2.45, 2.75) is 39.2 Å². The molecule has 1 aromatic rings. The highest BCUT2D eigenvalue weighted by Crippen LogP contribution is 2.42. The Bertz CT molecular complexity index is 291. The molecule has 14 heavy (non-hydrogen) atoms. The molecule has 1 unspecified atom stereocenters. The van der Waals surface area contributed by atoms with Gasteiger partial charge in [-0.05, 0) is 38.6 Å². The quantitative estimate of drug-likeness (QED) is 0.808. The summed E-state index contributed by atoms with van der Waals surface area (Å²) in [5.41, 5.74) is 0. The van der Waals surface area contributed by atoms with Crippen LogP contribution in [0.5, 0.6) is 0 Å². The van der Waals surface area contributed by atoms with Gasteiger partial charge in [0.15, 0.2) is 0 Å². The van der Waals surface area contributed by atoms with Crippen LogP contribution in [-0.4, -0.2) is 11.5 Å². The van der Waals surface area contributed by atoms with Crippen LogP contribution in [-0.2, 0) is 0 Å². The van der Waals surface area contributed by atoms with E-state index in [1.165, 1.54) is 29.1 Å². The molecule has 1 aromatic heterocycles. The van der Waals surface area contributed by atoms with E-state index < -0.39 is 0 Å². The molecule has 2 nitrogen and oxygen atoms in total. The SMILES string of the molecule is CCCNC(c1cnc(C)s1)C1CC1. The molecule has 0 saturated heterocycles. The summed E-state index contributed by atoms with van der Waals surface area (Å²) in [6.45, 7) is 5.42. The maximum atomic E-state index is 4.33. The number of aryl methyl sites for hydroxylation is 1. The van der Waals surface area contributed by atoms with Gasteiger partial charge in [0.1, 0.15) is 0 Å². The number of nitrogens with one attached hydrogen (secondary N) is 1. The van der Waals surface area contributed by atoms with Crippen LogP contribution in [0, 0.1) is 12.8 Å². The Morgan fingerprint density at radius 3 is 2.93 bits per heavy atom. The van der Waals surface area contributed by atoms with Crippen LogP contribution in [0.15, 0.2) is 6.20 Å². The summed E-state index contributed by atoms with van der Waals surface area (Å²) >= 11 is 1.84. The maximum Gasteiger partial charge on any atom is 0.0897 e. The van der Waals surface area contributed by atoms with E-state index in [-0.39, 0.29) is 0 Å². The topological polar surface area (TPSA) is 24.9 Å². The fraction of sp³-hybridized carbons (Fsp3) is 0.727. The third kappa shape index (κ3) is 2.34. The van der Waals surface area contributed by atoms with E-state index in [2.05, 4.69) is 24.1 Å². The summed E-state index contributed by atoms with van der Waals surface area (Å²) in [6, 6.07) is 0.584. The molecule has 1 atom stereocenters. The Morgan fingerprint density at radius 1 is 1.64 bits per heavy atom. The average Bonchev–Trinajstić information content (AvgIpc) is 2.91. The molecule has 0 bridgehead atoms. The molecule has 1 fully saturated rings. The zero-order valence-electron chi connectivity index (χ0n) is 8.92. The van der Waals surface area contributed by atoms with Crippen LogP contribution < -0.4 is 5.32 Å². The summed E-state index contributed by atoms with van der Waals surface area (Å²) in [6.07, 6.45) is 6.03. The molecular weight excluding hydrogens is 192 g/mol. The highest BCUT2D eigenvalue weighted by Gasteiger charge is 2.32. The van der Waals surface area contributed by atoms with Crippen LogP contribution in [0.1, 0.15) is 42.1 Å². The van der Waals surface area contributed by atoms with E-state index in [1.807, 2.05) is 17.5 Å². The van der Waals surface area contributed by atoms with Gasteiger partial charge in [0.05, 0.1) is 5.01 Å². The number of aromatic nitrogens is 1. The summed E-state index contributed by atoms with van der Waals surface area (Å²) in [7, 11) is 0. The fourth-order valence-electron chi connectivity index (χ4n) is 1.75. The smallest absolute Gasteiger partial charge is 0.0897 e. The highest BCUT2D eigenvalue weighted by atomic mass is 32.1. The van der Waals surface area contributed by atoms with E-state index in [0.29, 0.717) is 6.04 Å². The highest BCUT2D eigenvalue weighted by molar-refractivity contribution is 7.11. The van der Waals surface area contributed by atoms with Gasteiger partial charge in [-0.3, -0.25) is 0 Å². The van der Waals surface area contributed by atoms with E-state index in [4.69, 9.17) is 0 Å². The number of hydrogen-bond acceptors (Lipinski definition) is 3. The first-order valence-corrected chi connectivity index (χ1v) is 6.28. The van der Waals surface area contributed by atoms with Crippen molar-refractivity contribution >= 4 is 11.3 Å². The van der Waals surface area contributed by atoms with Crippen molar-refractivity contribution in [3.63, 3.8) is 0 Å². The third-order valence-electron chi connectivity index (χ3n) is 2.65. The molecule has 0 spiro atoms. The molecule has 0 aliphatic heterocycles. The Hall–Kier alpha value is -0.410. The average molecular weight is 210 g/mol. The van der Waals surface area contributed by atoms with Gasteiger partial charge in [-0.2, -0.15) is 0 Å². The molecule has 1 saturated carbocycles. The molecule has 0 radical (unpaired) electrons. The maximum absolute atomic E-state index is 4.33. The zero-order chi connectivity index (χ0) is 9.97. The van der Waals surface area contributed by atoms with Crippen molar-refractivity contribution in [2.75, 3.05) is 6.54 Å². The second-order valence-electron chi connectivity index (χ2n) is 4.05. The van der Waals surface area contributed by atoms with Crippen molar-refractivity contribution in [2.24, 2.45) is 5.92 Å². The van der Waals surface area contributed by atoms with E-state index in [9.17, 15) is 0 Å². The standard InChI is InChI=1S/C11H18N2S/c1-3-6-12-11(9-4-5-9)10-7-13-8(2)14-10/h7,9,11-12H,3-6H2,1-2H3. The van der Waals surface area contributed by atoms with Crippen LogP contribution >= 0.6 is 11.3 Å². The van der Waals surface area contributed by atoms with Crippen molar-refractivity contribution in [3.05, 3.63) is 16.1 Å². The van der Waals surface area contributed by atoms with Gasteiger partial charge in [-0.15, -0.1) is 11.3 Å². The second kappa shape index (κ2) is 4.41. The molecule has 0 aromatic carbocycles. The molecular formula is C11H18N2S. The van der Waals surface area contributed by atoms with Gasteiger partial charge in [-0.1, -0.05) is 6.92 Å². The number of nitrogens with zero attached hydrogens (tertiary/aromatic N) is 1. The fourth-order valence-corrected chi connectivity index (χ4v) is 2.71. The lowest BCUT2D eigenvalue weighted by Crippen LogP contribution is -2.22. The number of rotatable bonds is 5. The minimum atomic E-state index is 0.584. The summed E-state index contributed by atoms with van der Waals surface area (Å²) in [5, 5.41) is 4.82. The van der Waals surface area contributed by atoms with Gasteiger partial charge in [0, 0.05) is 17.1 Å². The van der Waals surface area contributed by atoms with Crippen molar-refractivity contribution in [1.82, 2.24) is 10.3 Å². The first kappa shape index (κ1) is 10.1. The Labute approximate surface area is 89.8 Å². The first-order valence-electron chi connectivity index (χ1n) is 5.47. The molecule has 1 heterocycles. The molecule has 0 amide bonds. The third-order valence-corrected chi connectivity index (χ3v) is 3.65. The lowest BCUT2D eigenvalue weighted by Gasteiger charge is -2.15. The van der Waals surface area contributed by atoms with Crippen LogP contribution in [0.4, 0.5) is 0 Å². The molecule has 1 aliphatic rings. The van der Waals surface area contributed by atoms with E-state index in [0.717, 1.165) is 12.5 Å². The Balaban J connectivity index is 2.02. The van der Waals surface area contributed by atoms with Crippen LogP contribution in [0.3, 0.4) is 0 Å². The van der Waals surface area contributed by atoms with E-state index in [1.54, 1.807) is 0 Å². The zero-order valence-corrected chi connectivity index (χ0v) is 9.73. The summed E-state index contributed by atoms with van der Waals surface area (Å²) in [4.78, 5) is 5.76. The minimum absolute atomic E-state index is 0.584. The molecule has 1 N–H and O–H groups in total. The molecule has 2 rings (SSSR count). The van der Waals surface area contributed by atoms with Crippen LogP contribution in [0.25, 0.3) is 0 Å². The predicted molar refractivity (Wildman–Crippen MR) is 60.6 cm³/mol. The first-order chi connectivity index (χ1) is 6.81. The largest absolute Gasteiger partial charge is 0.309 e. The van der Waals surface area contributed by atoms with Crippen LogP contribution in [0.2, 0.25) is 0 Å². The Kier molecular flexibility index (Phi) is 3.19. The van der Waals surface area contributed by atoms with Gasteiger partial charge >= 0.3 is 0 Å². The lowest BCUT2D eigenvalue weighted by molar-refractivity contribution is 0.487. The predicted octanol–water partition coefficient (Wildman–Crippen LogP) is 2.90. The minimum Gasteiger partial charge on any atom is -0.309 e. The van der Waals surface area contributed by atoms with Gasteiger partial charge < -0.3 is 5.32 Å². The van der Waals surface area contributed by atoms with Gasteiger partial charge in [0.25, 0.3) is 0 Å². The Morgan fingerprint density at radius 2 is 2.43 bits per heavy atom. The summed E-state index contributed by atoms with van der Waals surface area (Å²) < 4.78 is 0. The molecule has 78 valence electrons. The number of thiazole rings is 1. The molecule has 3 heteroatoms. The molecule has 1 aliphatic carbocycles. The lowest BCUT2D eigenvalue weighted by atomic mass is 10.1. The van der Waals surface area contributed by atoms with Gasteiger partial charge in [-0.25, -0.2) is 4.98 Å². The van der Waals surface area contributed by atoms with Crippen molar-refractivity contribution in [3.8, 4) is 0 Å². The van der Waals surface area contributed by atoms with Gasteiger partial charge in [0.2, 0.25) is 0 Å². The monoisotopic (exact) mass is 210 g/mol. The van der Waals surface area contributed by atoms with E-state index >= 15 is 0 Å². The van der Waals surface area contributed by atoms with Crippen molar-refractivity contribution in [1.29, 1.82) is 0 Å². The van der Waals surface area contributed by atoms with Crippen molar-refractivity contribution < 1.29 is 0 Å².